The summed E-state index contributed by atoms with van der Waals surface area (Å²) in [5.41, 5.74) is 4.74. The van der Waals surface area contributed by atoms with Crippen LogP contribution in [0.25, 0.3) is 27.5 Å². The average molecular weight is 424 g/mol. The monoisotopic (exact) mass is 423 g/mol. The van der Waals surface area contributed by atoms with Crippen molar-refractivity contribution in [2.75, 3.05) is 26.3 Å². The van der Waals surface area contributed by atoms with Gasteiger partial charge in [0.25, 0.3) is 5.91 Å². The predicted octanol–water partition coefficient (Wildman–Crippen LogP) is 4.86. The number of imidazole rings is 1. The zero-order chi connectivity index (χ0) is 19.8. The summed E-state index contributed by atoms with van der Waals surface area (Å²) in [5.74, 6) is 0.0516. The Kier molecular flexibility index (Phi) is 4.83. The molecule has 1 aliphatic rings. The van der Waals surface area contributed by atoms with E-state index >= 15 is 0 Å². The predicted molar refractivity (Wildman–Crippen MR) is 116 cm³/mol. The average Bonchev–Trinajstić information content (AvgIpc) is 3.36. The molecule has 1 fully saturated rings. The zero-order valence-corrected chi connectivity index (χ0v) is 17.1. The van der Waals surface area contributed by atoms with Crippen LogP contribution in [0.1, 0.15) is 10.4 Å². The first-order chi connectivity index (χ1) is 14.2. The summed E-state index contributed by atoms with van der Waals surface area (Å²) < 4.78 is 7.41. The van der Waals surface area contributed by atoms with E-state index in [1.807, 2.05) is 59.6 Å². The molecule has 2 aromatic carbocycles. The van der Waals surface area contributed by atoms with Crippen molar-refractivity contribution in [2.24, 2.45) is 0 Å². The summed E-state index contributed by atoms with van der Waals surface area (Å²) in [6, 6.07) is 15.5. The van der Waals surface area contributed by atoms with Crippen molar-refractivity contribution >= 4 is 33.8 Å². The second-order valence-corrected chi connectivity index (χ2v) is 8.16. The number of carbonyl (C=O) groups excluding carboxylic acids is 1. The summed E-state index contributed by atoms with van der Waals surface area (Å²) in [5, 5.41) is 2.82. The maximum absolute atomic E-state index is 12.6. The highest BCUT2D eigenvalue weighted by Gasteiger charge is 2.18. The molecule has 0 spiro atoms. The number of hydrogen-bond acceptors (Lipinski definition) is 4. The van der Waals surface area contributed by atoms with Gasteiger partial charge in [0.15, 0.2) is 4.96 Å². The summed E-state index contributed by atoms with van der Waals surface area (Å²) >= 11 is 7.61. The quantitative estimate of drug-likeness (QED) is 0.473. The van der Waals surface area contributed by atoms with Crippen LogP contribution in [0.5, 0.6) is 0 Å². The van der Waals surface area contributed by atoms with Gasteiger partial charge in [-0.25, -0.2) is 4.98 Å². The molecule has 5 nitrogen and oxygen atoms in total. The Morgan fingerprint density at radius 3 is 2.41 bits per heavy atom. The van der Waals surface area contributed by atoms with Gasteiger partial charge in [0.2, 0.25) is 0 Å². The third-order valence-electron chi connectivity index (χ3n) is 5.07. The van der Waals surface area contributed by atoms with Crippen molar-refractivity contribution < 1.29 is 9.53 Å². The second-order valence-electron chi connectivity index (χ2n) is 6.89. The van der Waals surface area contributed by atoms with E-state index in [1.165, 1.54) is 0 Å². The molecule has 0 radical (unpaired) electrons. The van der Waals surface area contributed by atoms with Crippen LogP contribution in [0.3, 0.4) is 0 Å². The van der Waals surface area contributed by atoms with Gasteiger partial charge in [0, 0.05) is 40.8 Å². The maximum atomic E-state index is 12.6. The lowest BCUT2D eigenvalue weighted by molar-refractivity contribution is 0.0303. The van der Waals surface area contributed by atoms with Gasteiger partial charge < -0.3 is 9.64 Å². The van der Waals surface area contributed by atoms with Crippen LogP contribution in [-0.4, -0.2) is 46.5 Å². The van der Waals surface area contributed by atoms with Crippen LogP contribution in [0.15, 0.2) is 60.1 Å². The van der Waals surface area contributed by atoms with E-state index in [0.29, 0.717) is 31.9 Å². The number of thiazole rings is 1. The lowest BCUT2D eigenvalue weighted by Crippen LogP contribution is -2.40. The fourth-order valence-electron chi connectivity index (χ4n) is 3.48. The number of hydrogen-bond donors (Lipinski definition) is 0. The molecule has 29 heavy (non-hydrogen) atoms. The second kappa shape index (κ2) is 7.63. The zero-order valence-electron chi connectivity index (χ0n) is 15.5. The molecular formula is C22H18ClN3O2S. The number of nitrogens with zero attached hydrogens (tertiary/aromatic N) is 3. The summed E-state index contributed by atoms with van der Waals surface area (Å²) in [4.78, 5) is 20.1. The number of halogens is 1. The van der Waals surface area contributed by atoms with Gasteiger partial charge in [-0.3, -0.25) is 9.20 Å². The first-order valence-electron chi connectivity index (χ1n) is 9.39. The van der Waals surface area contributed by atoms with Gasteiger partial charge in [-0.1, -0.05) is 35.9 Å². The Morgan fingerprint density at radius 1 is 1.00 bits per heavy atom. The fraction of sp³-hybridized carbons (Fsp3) is 0.182. The number of rotatable bonds is 3. The summed E-state index contributed by atoms with van der Waals surface area (Å²) in [7, 11) is 0. The van der Waals surface area contributed by atoms with Crippen molar-refractivity contribution in [3.05, 3.63) is 70.7 Å². The van der Waals surface area contributed by atoms with E-state index in [4.69, 9.17) is 21.3 Å². The Morgan fingerprint density at radius 2 is 1.69 bits per heavy atom. The van der Waals surface area contributed by atoms with Crippen molar-refractivity contribution in [1.82, 2.24) is 14.3 Å². The number of morpholine rings is 1. The highest BCUT2D eigenvalue weighted by Crippen LogP contribution is 2.30. The Bertz CT molecular complexity index is 1160. The number of aromatic nitrogens is 2. The van der Waals surface area contributed by atoms with E-state index < -0.39 is 0 Å². The van der Waals surface area contributed by atoms with Crippen LogP contribution in [0.4, 0.5) is 0 Å². The molecule has 0 N–H and O–H groups in total. The Balaban J connectivity index is 1.42. The number of fused-ring (bicyclic) bond motifs is 1. The van der Waals surface area contributed by atoms with Crippen LogP contribution >= 0.6 is 22.9 Å². The summed E-state index contributed by atoms with van der Waals surface area (Å²) in [6.45, 7) is 2.49. The number of carbonyl (C=O) groups is 1. The van der Waals surface area contributed by atoms with E-state index in [0.717, 1.165) is 32.5 Å². The Hall–Kier alpha value is -2.67. The van der Waals surface area contributed by atoms with Crippen molar-refractivity contribution in [1.29, 1.82) is 0 Å². The SMILES string of the molecule is O=C(c1ccc(-c2cn3c(-c4ccc(Cl)cc4)csc3n2)cc1)N1CCOCC1. The standard InChI is InChI=1S/C22H18ClN3O2S/c23-18-7-5-16(6-8-18)20-14-29-22-24-19(13-26(20)22)15-1-3-17(4-2-15)21(27)25-9-11-28-12-10-25/h1-8,13-14H,9-12H2. The van der Waals surface area contributed by atoms with E-state index in [-0.39, 0.29) is 5.91 Å². The van der Waals surface area contributed by atoms with Crippen molar-refractivity contribution in [2.45, 2.75) is 0 Å². The molecule has 5 rings (SSSR count). The molecule has 0 aliphatic carbocycles. The molecule has 3 heterocycles. The van der Waals surface area contributed by atoms with Crippen LogP contribution in [0, 0.1) is 0 Å². The minimum absolute atomic E-state index is 0.0516. The fourth-order valence-corrected chi connectivity index (χ4v) is 4.49. The van der Waals surface area contributed by atoms with Gasteiger partial charge in [0.05, 0.1) is 24.6 Å². The minimum Gasteiger partial charge on any atom is -0.378 e. The topological polar surface area (TPSA) is 46.8 Å². The minimum atomic E-state index is 0.0516. The number of benzene rings is 2. The first kappa shape index (κ1) is 18.4. The molecule has 1 amide bonds. The third kappa shape index (κ3) is 3.55. The molecule has 146 valence electrons. The molecule has 0 atom stereocenters. The molecule has 2 aromatic heterocycles. The number of ether oxygens (including phenoxy) is 1. The van der Waals surface area contributed by atoms with Gasteiger partial charge in [0.1, 0.15) is 0 Å². The van der Waals surface area contributed by atoms with Crippen LogP contribution < -0.4 is 0 Å². The highest BCUT2D eigenvalue weighted by molar-refractivity contribution is 7.15. The molecule has 0 unspecified atom stereocenters. The van der Waals surface area contributed by atoms with E-state index in [1.54, 1.807) is 11.3 Å². The third-order valence-corrected chi connectivity index (χ3v) is 6.17. The van der Waals surface area contributed by atoms with Crippen molar-refractivity contribution in [3.8, 4) is 22.5 Å². The highest BCUT2D eigenvalue weighted by atomic mass is 35.5. The van der Waals surface area contributed by atoms with E-state index in [2.05, 4.69) is 9.78 Å². The smallest absolute Gasteiger partial charge is 0.254 e. The molecule has 1 saturated heterocycles. The first-order valence-corrected chi connectivity index (χ1v) is 10.6. The van der Waals surface area contributed by atoms with E-state index in [9.17, 15) is 4.79 Å². The molecular weight excluding hydrogens is 406 g/mol. The summed E-state index contributed by atoms with van der Waals surface area (Å²) in [6.07, 6.45) is 2.04. The van der Waals surface area contributed by atoms with Gasteiger partial charge >= 0.3 is 0 Å². The molecule has 7 heteroatoms. The lowest BCUT2D eigenvalue weighted by Gasteiger charge is -2.26. The lowest BCUT2D eigenvalue weighted by atomic mass is 10.1. The molecule has 0 bridgehead atoms. The van der Waals surface area contributed by atoms with Gasteiger partial charge in [-0.15, -0.1) is 11.3 Å². The van der Waals surface area contributed by atoms with Crippen molar-refractivity contribution in [3.63, 3.8) is 0 Å². The van der Waals surface area contributed by atoms with Crippen LogP contribution in [0.2, 0.25) is 5.02 Å². The number of amides is 1. The Labute approximate surface area is 177 Å². The largest absolute Gasteiger partial charge is 0.378 e. The molecule has 1 aliphatic heterocycles. The van der Waals surface area contributed by atoms with Gasteiger partial charge in [-0.2, -0.15) is 0 Å². The maximum Gasteiger partial charge on any atom is 0.254 e. The normalized spacial score (nSPS) is 14.4. The van der Waals surface area contributed by atoms with Gasteiger partial charge in [-0.05, 0) is 29.8 Å². The molecule has 4 aromatic rings. The molecule has 0 saturated carbocycles. The van der Waals surface area contributed by atoms with Crippen LogP contribution in [-0.2, 0) is 4.74 Å².